The van der Waals surface area contributed by atoms with Crippen LogP contribution >= 0.6 is 11.8 Å². The first-order chi connectivity index (χ1) is 12.0. The maximum absolute atomic E-state index is 11.8. The van der Waals surface area contributed by atoms with Gasteiger partial charge in [-0.05, 0) is 36.3 Å². The standard InChI is InChI=1S/C19H20N2O3S/c1-15-3-2-4-17(13-15)14-25-12-11-20-19(22)10-7-16-5-8-18(9-6-16)21(23)24/h2-10,13H,11-12,14H2,1H3,(H,20,22). The van der Waals surface area contributed by atoms with E-state index < -0.39 is 4.92 Å². The number of rotatable bonds is 8. The van der Waals surface area contributed by atoms with Crippen molar-refractivity contribution in [3.05, 3.63) is 81.4 Å². The molecule has 130 valence electrons. The highest BCUT2D eigenvalue weighted by Crippen LogP contribution is 2.13. The summed E-state index contributed by atoms with van der Waals surface area (Å²) in [5, 5.41) is 13.4. The summed E-state index contributed by atoms with van der Waals surface area (Å²) in [7, 11) is 0. The molecule has 0 saturated carbocycles. The fourth-order valence-corrected chi connectivity index (χ4v) is 2.98. The van der Waals surface area contributed by atoms with Gasteiger partial charge in [-0.25, -0.2) is 0 Å². The van der Waals surface area contributed by atoms with Crippen molar-refractivity contribution in [2.45, 2.75) is 12.7 Å². The first kappa shape index (κ1) is 18.7. The third-order valence-electron chi connectivity index (χ3n) is 3.43. The number of benzene rings is 2. The number of nitro benzene ring substituents is 1. The average molecular weight is 356 g/mol. The van der Waals surface area contributed by atoms with Crippen molar-refractivity contribution in [3.8, 4) is 0 Å². The summed E-state index contributed by atoms with van der Waals surface area (Å²) < 4.78 is 0. The van der Waals surface area contributed by atoms with Crippen LogP contribution in [0.15, 0.2) is 54.6 Å². The van der Waals surface area contributed by atoms with Gasteiger partial charge in [-0.2, -0.15) is 11.8 Å². The van der Waals surface area contributed by atoms with E-state index in [1.54, 1.807) is 30.0 Å². The number of non-ortho nitro benzene ring substituents is 1. The largest absolute Gasteiger partial charge is 0.352 e. The molecule has 2 rings (SSSR count). The van der Waals surface area contributed by atoms with Crippen molar-refractivity contribution in [1.29, 1.82) is 0 Å². The molecule has 0 spiro atoms. The molecular weight excluding hydrogens is 336 g/mol. The van der Waals surface area contributed by atoms with E-state index in [1.807, 2.05) is 0 Å². The zero-order valence-electron chi connectivity index (χ0n) is 14.0. The van der Waals surface area contributed by atoms with Gasteiger partial charge in [-0.1, -0.05) is 29.8 Å². The van der Waals surface area contributed by atoms with Crippen molar-refractivity contribution >= 4 is 29.4 Å². The lowest BCUT2D eigenvalue weighted by molar-refractivity contribution is -0.384. The Balaban J connectivity index is 1.67. The van der Waals surface area contributed by atoms with Crippen LogP contribution in [-0.2, 0) is 10.5 Å². The van der Waals surface area contributed by atoms with Crippen LogP contribution in [0.1, 0.15) is 16.7 Å². The van der Waals surface area contributed by atoms with Crippen LogP contribution in [0.5, 0.6) is 0 Å². The van der Waals surface area contributed by atoms with E-state index >= 15 is 0 Å². The van der Waals surface area contributed by atoms with Gasteiger partial charge in [-0.3, -0.25) is 14.9 Å². The first-order valence-corrected chi connectivity index (χ1v) is 9.04. The summed E-state index contributed by atoms with van der Waals surface area (Å²) in [4.78, 5) is 21.9. The number of carbonyl (C=O) groups is 1. The molecule has 0 heterocycles. The Morgan fingerprint density at radius 3 is 2.68 bits per heavy atom. The molecule has 0 aliphatic heterocycles. The van der Waals surface area contributed by atoms with E-state index in [0.717, 1.165) is 17.1 Å². The maximum Gasteiger partial charge on any atom is 0.269 e. The average Bonchev–Trinajstić information content (AvgIpc) is 2.60. The molecule has 1 N–H and O–H groups in total. The van der Waals surface area contributed by atoms with Crippen LogP contribution in [0.3, 0.4) is 0 Å². The van der Waals surface area contributed by atoms with E-state index in [9.17, 15) is 14.9 Å². The summed E-state index contributed by atoms with van der Waals surface area (Å²) in [5.41, 5.74) is 3.32. The van der Waals surface area contributed by atoms with Crippen LogP contribution in [0.25, 0.3) is 6.08 Å². The second kappa shape index (κ2) is 9.64. The topological polar surface area (TPSA) is 72.2 Å². The molecule has 5 nitrogen and oxygen atoms in total. The van der Waals surface area contributed by atoms with Gasteiger partial charge in [0.1, 0.15) is 0 Å². The lowest BCUT2D eigenvalue weighted by Gasteiger charge is -2.04. The number of carbonyl (C=O) groups excluding carboxylic acids is 1. The summed E-state index contributed by atoms with van der Waals surface area (Å²) in [6.07, 6.45) is 3.07. The highest BCUT2D eigenvalue weighted by Gasteiger charge is 2.02. The van der Waals surface area contributed by atoms with Gasteiger partial charge in [0, 0.05) is 36.3 Å². The Bertz CT molecular complexity index is 758. The van der Waals surface area contributed by atoms with Gasteiger partial charge in [0.2, 0.25) is 5.91 Å². The first-order valence-electron chi connectivity index (χ1n) is 7.88. The van der Waals surface area contributed by atoms with Crippen molar-refractivity contribution in [2.75, 3.05) is 12.3 Å². The quantitative estimate of drug-likeness (QED) is 0.336. The predicted octanol–water partition coefficient (Wildman–Crippen LogP) is 3.97. The maximum atomic E-state index is 11.8. The third-order valence-corrected chi connectivity index (χ3v) is 4.46. The van der Waals surface area contributed by atoms with Crippen molar-refractivity contribution in [2.24, 2.45) is 0 Å². The summed E-state index contributed by atoms with van der Waals surface area (Å²) in [6, 6.07) is 14.4. The Morgan fingerprint density at radius 1 is 1.24 bits per heavy atom. The van der Waals surface area contributed by atoms with E-state index in [-0.39, 0.29) is 11.6 Å². The van der Waals surface area contributed by atoms with Gasteiger partial charge >= 0.3 is 0 Å². The molecule has 6 heteroatoms. The number of hydrogen-bond acceptors (Lipinski definition) is 4. The SMILES string of the molecule is Cc1cccc(CSCCNC(=O)C=Cc2ccc([N+](=O)[O-])cc2)c1. The number of nitrogens with one attached hydrogen (secondary N) is 1. The molecule has 0 unspecified atom stereocenters. The number of nitro groups is 1. The van der Waals surface area contributed by atoms with Gasteiger partial charge in [0.05, 0.1) is 4.92 Å². The lowest BCUT2D eigenvalue weighted by atomic mass is 10.2. The molecule has 0 aromatic heterocycles. The minimum absolute atomic E-state index is 0.0345. The predicted molar refractivity (Wildman–Crippen MR) is 102 cm³/mol. The number of hydrogen-bond donors (Lipinski definition) is 1. The molecule has 0 atom stereocenters. The highest BCUT2D eigenvalue weighted by atomic mass is 32.2. The second-order valence-corrected chi connectivity index (χ2v) is 6.62. The zero-order chi connectivity index (χ0) is 18.1. The third kappa shape index (κ3) is 6.81. The minimum atomic E-state index is -0.450. The van der Waals surface area contributed by atoms with Crippen LogP contribution in [-0.4, -0.2) is 23.1 Å². The fourth-order valence-electron chi connectivity index (χ4n) is 2.18. The Morgan fingerprint density at radius 2 is 2.00 bits per heavy atom. The van der Waals surface area contributed by atoms with Gasteiger partial charge in [-0.15, -0.1) is 0 Å². The highest BCUT2D eigenvalue weighted by molar-refractivity contribution is 7.98. The van der Waals surface area contributed by atoms with Crippen LogP contribution in [0.2, 0.25) is 0 Å². The van der Waals surface area contributed by atoms with Crippen molar-refractivity contribution in [3.63, 3.8) is 0 Å². The Kier molecular flexibility index (Phi) is 7.22. The van der Waals surface area contributed by atoms with Gasteiger partial charge in [0.25, 0.3) is 5.69 Å². The molecule has 0 bridgehead atoms. The molecule has 1 amide bonds. The van der Waals surface area contributed by atoms with E-state index in [1.165, 1.54) is 29.3 Å². The number of thioether (sulfide) groups is 1. The summed E-state index contributed by atoms with van der Waals surface area (Å²) in [5.74, 6) is 1.59. The van der Waals surface area contributed by atoms with Crippen LogP contribution in [0, 0.1) is 17.0 Å². The molecule has 2 aromatic carbocycles. The molecule has 0 radical (unpaired) electrons. The molecule has 0 fully saturated rings. The monoisotopic (exact) mass is 356 g/mol. The van der Waals surface area contributed by atoms with E-state index in [4.69, 9.17) is 0 Å². The molecule has 25 heavy (non-hydrogen) atoms. The molecule has 0 saturated heterocycles. The summed E-state index contributed by atoms with van der Waals surface area (Å²) >= 11 is 1.77. The molecule has 0 aliphatic rings. The van der Waals surface area contributed by atoms with E-state index in [0.29, 0.717) is 6.54 Å². The van der Waals surface area contributed by atoms with Crippen molar-refractivity contribution < 1.29 is 9.72 Å². The smallest absolute Gasteiger partial charge is 0.269 e. The second-order valence-electron chi connectivity index (χ2n) is 5.51. The normalized spacial score (nSPS) is 10.8. The number of nitrogens with zero attached hydrogens (tertiary/aromatic N) is 1. The Labute approximate surface area is 151 Å². The van der Waals surface area contributed by atoms with Gasteiger partial charge < -0.3 is 5.32 Å². The Hall–Kier alpha value is -2.60. The molecule has 2 aromatic rings. The van der Waals surface area contributed by atoms with Crippen LogP contribution in [0.4, 0.5) is 5.69 Å². The number of aryl methyl sites for hydroxylation is 1. The fraction of sp³-hybridized carbons (Fsp3) is 0.211. The van der Waals surface area contributed by atoms with Crippen molar-refractivity contribution in [1.82, 2.24) is 5.32 Å². The van der Waals surface area contributed by atoms with Crippen LogP contribution < -0.4 is 5.32 Å². The molecular formula is C19H20N2O3S. The zero-order valence-corrected chi connectivity index (χ0v) is 14.8. The minimum Gasteiger partial charge on any atom is -0.352 e. The van der Waals surface area contributed by atoms with E-state index in [2.05, 4.69) is 36.5 Å². The van der Waals surface area contributed by atoms with Gasteiger partial charge in [0.15, 0.2) is 0 Å². The number of amides is 1. The summed E-state index contributed by atoms with van der Waals surface area (Å²) in [6.45, 7) is 2.67. The molecule has 0 aliphatic carbocycles. The lowest BCUT2D eigenvalue weighted by Crippen LogP contribution is -2.23.